The van der Waals surface area contributed by atoms with Crippen LogP contribution in [0, 0.1) is 17.5 Å². The molecular formula is C63H64F3N11O3. The van der Waals surface area contributed by atoms with E-state index in [2.05, 4.69) is 47.1 Å². The van der Waals surface area contributed by atoms with E-state index in [1.54, 1.807) is 91.5 Å². The first-order chi connectivity index (χ1) is 38.4. The molecule has 9 aromatic rings. The zero-order valence-corrected chi connectivity index (χ0v) is 46.0. The molecular weight excluding hydrogens is 1020 g/mol. The number of aromatic amines is 1. The molecule has 17 heteroatoms. The van der Waals surface area contributed by atoms with E-state index in [0.717, 1.165) is 108 Å². The molecule has 1 saturated carbocycles. The standard InChI is InChI=1S/C24H28FN5O.C20H18FN3O.C19H18FN3O/c1-24(2,18-5-7-19(25)8-6-18)22(31)21-20(17-9-11-26-12-10-17)23(29(4)27-21)30-15-13-28(3)14-16-30;21-16-5-3-15(4-6-16)20(9-1-2-10-20)19(25)18-17(13-23-24-18)14-7-11-22-12-8-14;1-19(2,14-4-6-15(20)7-5-14)18(24)17-16(12-23(3)22-17)13-8-10-21-11-9-13/h5-12H,13-16H2,1-4H3;3-8,11-13H,1-2,9-10H2,(H,23,24);4-12H,1-3H3. The number of piperazine rings is 1. The second kappa shape index (κ2) is 23.7. The largest absolute Gasteiger partial charge is 0.354 e. The molecule has 80 heavy (non-hydrogen) atoms. The van der Waals surface area contributed by atoms with Crippen molar-refractivity contribution in [2.24, 2.45) is 14.1 Å². The average Bonchev–Trinajstić information content (AvgIpc) is 4.32. The molecule has 1 aliphatic heterocycles. The molecule has 6 aromatic heterocycles. The highest BCUT2D eigenvalue weighted by Crippen LogP contribution is 2.45. The van der Waals surface area contributed by atoms with Gasteiger partial charge in [0.2, 0.25) is 0 Å². The second-order valence-electron chi connectivity index (χ2n) is 21.4. The number of H-pyrrole nitrogens is 1. The number of ketones is 3. The van der Waals surface area contributed by atoms with Crippen molar-refractivity contribution < 1.29 is 27.6 Å². The number of hydrogen-bond acceptors (Lipinski definition) is 11. The smallest absolute Gasteiger partial charge is 0.193 e. The third kappa shape index (κ3) is 11.7. The van der Waals surface area contributed by atoms with Crippen LogP contribution in [0.25, 0.3) is 33.4 Å². The third-order valence-electron chi connectivity index (χ3n) is 15.5. The van der Waals surface area contributed by atoms with Crippen LogP contribution in [0.1, 0.15) is 102 Å². The number of nitrogens with one attached hydrogen (secondary N) is 1. The summed E-state index contributed by atoms with van der Waals surface area (Å²) in [6.45, 7) is 11.0. The van der Waals surface area contributed by atoms with Gasteiger partial charge in [0.15, 0.2) is 17.3 Å². The van der Waals surface area contributed by atoms with E-state index in [1.807, 2.05) is 82.0 Å². The lowest BCUT2D eigenvalue weighted by Gasteiger charge is -2.34. The molecule has 410 valence electrons. The number of aromatic nitrogens is 9. The number of benzene rings is 3. The number of nitrogens with zero attached hydrogens (tertiary/aromatic N) is 10. The van der Waals surface area contributed by atoms with E-state index >= 15 is 0 Å². The van der Waals surface area contributed by atoms with Crippen LogP contribution in [0.15, 0.2) is 159 Å². The Morgan fingerprint density at radius 3 is 1.50 bits per heavy atom. The molecule has 0 bridgehead atoms. The van der Waals surface area contributed by atoms with Gasteiger partial charge < -0.3 is 9.80 Å². The average molecular weight is 1080 g/mol. The van der Waals surface area contributed by atoms with Gasteiger partial charge in [0.05, 0.1) is 28.0 Å². The van der Waals surface area contributed by atoms with Crippen LogP contribution in [0.4, 0.5) is 19.0 Å². The Morgan fingerprint density at radius 1 is 0.550 bits per heavy atom. The molecule has 0 unspecified atom stereocenters. The highest BCUT2D eigenvalue weighted by molar-refractivity contribution is 6.09. The highest BCUT2D eigenvalue weighted by Gasteiger charge is 2.45. The second-order valence-corrected chi connectivity index (χ2v) is 21.4. The Labute approximate surface area is 463 Å². The molecule has 1 saturated heterocycles. The van der Waals surface area contributed by atoms with Crippen molar-refractivity contribution in [2.45, 2.75) is 69.6 Å². The van der Waals surface area contributed by atoms with E-state index in [-0.39, 0.29) is 34.8 Å². The zero-order chi connectivity index (χ0) is 56.8. The van der Waals surface area contributed by atoms with Crippen LogP contribution in [-0.4, -0.2) is 100 Å². The topological polar surface area (TPSA) is 161 Å². The summed E-state index contributed by atoms with van der Waals surface area (Å²) in [5, 5.41) is 16.1. The quantitative estimate of drug-likeness (QED) is 0.109. The summed E-state index contributed by atoms with van der Waals surface area (Å²) < 4.78 is 43.4. The molecule has 14 nitrogen and oxygen atoms in total. The fourth-order valence-electron chi connectivity index (χ4n) is 10.7. The van der Waals surface area contributed by atoms with Crippen molar-refractivity contribution in [3.63, 3.8) is 0 Å². The summed E-state index contributed by atoms with van der Waals surface area (Å²) in [6.07, 6.45) is 17.2. The summed E-state index contributed by atoms with van der Waals surface area (Å²) in [4.78, 5) is 57.3. The maximum Gasteiger partial charge on any atom is 0.193 e. The number of aryl methyl sites for hydroxylation is 2. The van der Waals surface area contributed by atoms with Gasteiger partial charge in [-0.2, -0.15) is 15.3 Å². The molecule has 2 fully saturated rings. The van der Waals surface area contributed by atoms with Gasteiger partial charge in [0, 0.05) is 94.8 Å². The number of carbonyl (C=O) groups excluding carboxylic acids is 3. The number of pyridine rings is 3. The van der Waals surface area contributed by atoms with Gasteiger partial charge in [0.1, 0.15) is 40.4 Å². The van der Waals surface area contributed by atoms with Crippen LogP contribution >= 0.6 is 0 Å². The maximum atomic E-state index is 13.8. The van der Waals surface area contributed by atoms with Gasteiger partial charge in [0.25, 0.3) is 0 Å². The molecule has 3 aromatic carbocycles. The van der Waals surface area contributed by atoms with E-state index in [4.69, 9.17) is 5.10 Å². The Hall–Kier alpha value is -8.70. The minimum atomic E-state index is -0.858. The number of halogens is 3. The van der Waals surface area contributed by atoms with Crippen molar-refractivity contribution in [1.82, 2.24) is 49.6 Å². The van der Waals surface area contributed by atoms with Gasteiger partial charge >= 0.3 is 0 Å². The lowest BCUT2D eigenvalue weighted by atomic mass is 9.73. The lowest BCUT2D eigenvalue weighted by Crippen LogP contribution is -2.45. The number of Topliss-reactive ketones (excluding diaryl/α,β-unsaturated/α-hetero) is 3. The first-order valence-corrected chi connectivity index (χ1v) is 26.6. The first-order valence-electron chi connectivity index (χ1n) is 26.6. The molecule has 0 amide bonds. The van der Waals surface area contributed by atoms with Crippen molar-refractivity contribution in [3.8, 4) is 33.4 Å². The minimum Gasteiger partial charge on any atom is -0.354 e. The molecule has 0 radical (unpaired) electrons. The summed E-state index contributed by atoms with van der Waals surface area (Å²) >= 11 is 0. The Bertz CT molecular complexity index is 3570. The lowest BCUT2D eigenvalue weighted by molar-refractivity contribution is 0.0878. The number of carbonyl (C=O) groups is 3. The monoisotopic (exact) mass is 1080 g/mol. The van der Waals surface area contributed by atoms with Crippen LogP contribution in [-0.2, 0) is 30.3 Å². The normalized spacial score (nSPS) is 14.4. The van der Waals surface area contributed by atoms with Crippen molar-refractivity contribution >= 4 is 23.2 Å². The summed E-state index contributed by atoms with van der Waals surface area (Å²) in [5.41, 5.74) is 6.52. The van der Waals surface area contributed by atoms with Crippen molar-refractivity contribution in [1.29, 1.82) is 0 Å². The van der Waals surface area contributed by atoms with Gasteiger partial charge in [-0.3, -0.25) is 43.8 Å². The van der Waals surface area contributed by atoms with Gasteiger partial charge in [-0.1, -0.05) is 49.2 Å². The van der Waals surface area contributed by atoms with Gasteiger partial charge in [-0.25, -0.2) is 13.2 Å². The van der Waals surface area contributed by atoms with E-state index < -0.39 is 16.2 Å². The van der Waals surface area contributed by atoms with E-state index in [1.165, 1.54) is 36.4 Å². The minimum absolute atomic E-state index is 0.0286. The third-order valence-corrected chi connectivity index (χ3v) is 15.5. The molecule has 1 N–H and O–H groups in total. The van der Waals surface area contributed by atoms with Crippen LogP contribution in [0.5, 0.6) is 0 Å². The fraction of sp³-hybridized carbons (Fsp3) is 0.286. The Kier molecular flexibility index (Phi) is 16.6. The SMILES string of the molecule is CN1CCN(c2c(-c3ccncc3)c(C(=O)C(C)(C)c3ccc(F)cc3)nn2C)CC1.Cn1cc(-c2ccncc2)c(C(=O)C(C)(C)c2ccc(F)cc2)n1.O=C(c1[nH]ncc1-c1ccncc1)C1(c2ccc(F)cc2)CCCC1. The molecule has 0 spiro atoms. The number of rotatable bonds is 13. The molecule has 2 aliphatic rings. The van der Waals surface area contributed by atoms with Crippen LogP contribution < -0.4 is 4.90 Å². The first kappa shape index (κ1) is 56.0. The molecule has 11 rings (SSSR count). The van der Waals surface area contributed by atoms with Crippen molar-refractivity contribution in [3.05, 3.63) is 210 Å². The zero-order valence-electron chi connectivity index (χ0n) is 46.0. The Morgan fingerprint density at radius 2 is 1.00 bits per heavy atom. The molecule has 0 atom stereocenters. The van der Waals surface area contributed by atoms with E-state index in [0.29, 0.717) is 17.1 Å². The number of anilines is 1. The molecule has 1 aliphatic carbocycles. The Balaban J connectivity index is 0.000000147. The number of hydrogen-bond donors (Lipinski definition) is 1. The van der Waals surface area contributed by atoms with Crippen molar-refractivity contribution in [2.75, 3.05) is 38.1 Å². The predicted octanol–water partition coefficient (Wildman–Crippen LogP) is 11.6. The number of likely N-dealkylation sites (N-methyl/N-ethyl adjacent to an activating group) is 1. The maximum absolute atomic E-state index is 13.8. The predicted molar refractivity (Wildman–Crippen MR) is 303 cm³/mol. The van der Waals surface area contributed by atoms with Crippen LogP contribution in [0.3, 0.4) is 0 Å². The highest BCUT2D eigenvalue weighted by atomic mass is 19.1. The fourth-order valence-corrected chi connectivity index (χ4v) is 10.7. The van der Waals surface area contributed by atoms with E-state index in [9.17, 15) is 27.6 Å². The van der Waals surface area contributed by atoms with Gasteiger partial charge in [-0.15, -0.1) is 0 Å². The molecule has 7 heterocycles. The summed E-state index contributed by atoms with van der Waals surface area (Å²) in [5.74, 6) is -0.165. The van der Waals surface area contributed by atoms with Crippen LogP contribution in [0.2, 0.25) is 0 Å². The van der Waals surface area contributed by atoms with Gasteiger partial charge in [-0.05, 0) is 154 Å². The summed E-state index contributed by atoms with van der Waals surface area (Å²) in [6, 6.07) is 29.7. The summed E-state index contributed by atoms with van der Waals surface area (Å²) in [7, 11) is 5.79.